The fraction of sp³-hybridized carbons (Fsp3) is 0.500. The van der Waals surface area contributed by atoms with Gasteiger partial charge in [-0.05, 0) is 30.9 Å². The summed E-state index contributed by atoms with van der Waals surface area (Å²) < 4.78 is 37.1. The maximum Gasteiger partial charge on any atom is 0.390 e. The van der Waals surface area contributed by atoms with Crippen LogP contribution < -0.4 is 0 Å². The lowest BCUT2D eigenvalue weighted by Gasteiger charge is -2.23. The Morgan fingerprint density at radius 3 is 2.45 bits per heavy atom. The third-order valence-corrected chi connectivity index (χ3v) is 3.32. The molecule has 0 atom stereocenters. The van der Waals surface area contributed by atoms with E-state index >= 15 is 0 Å². The van der Waals surface area contributed by atoms with E-state index in [0.717, 1.165) is 17.7 Å². The maximum atomic E-state index is 12.4. The molecule has 1 N–H and O–H groups in total. The van der Waals surface area contributed by atoms with Gasteiger partial charge < -0.3 is 10.0 Å². The smallest absolute Gasteiger partial charge is 0.390 e. The molecular formula is C14H15F3N2O3. The molecule has 8 heteroatoms. The second-order valence-corrected chi connectivity index (χ2v) is 5.27. The molecule has 1 saturated carbocycles. The molecule has 1 fully saturated rings. The van der Waals surface area contributed by atoms with Crippen LogP contribution in [0.3, 0.4) is 0 Å². The number of rotatable bonds is 6. The number of carbonyl (C=O) groups excluding carboxylic acids is 1. The van der Waals surface area contributed by atoms with Gasteiger partial charge in [0.05, 0.1) is 6.42 Å². The molecule has 0 radical (unpaired) electrons. The normalized spacial score (nSPS) is 14.7. The monoisotopic (exact) mass is 316 g/mol. The number of aromatic carboxylic acids is 1. The molecule has 5 nitrogen and oxygen atoms in total. The van der Waals surface area contributed by atoms with Crippen molar-refractivity contribution in [2.75, 3.05) is 13.1 Å². The van der Waals surface area contributed by atoms with E-state index in [1.165, 1.54) is 18.2 Å². The van der Waals surface area contributed by atoms with E-state index in [1.807, 2.05) is 0 Å². The van der Waals surface area contributed by atoms with Crippen LogP contribution >= 0.6 is 0 Å². The van der Waals surface area contributed by atoms with E-state index in [1.54, 1.807) is 0 Å². The van der Waals surface area contributed by atoms with Crippen molar-refractivity contribution in [1.82, 2.24) is 9.88 Å². The summed E-state index contributed by atoms with van der Waals surface area (Å²) in [6.45, 7) is -0.203. The summed E-state index contributed by atoms with van der Waals surface area (Å²) in [7, 11) is 0. The number of carboxylic acid groups (broad SMARTS) is 1. The van der Waals surface area contributed by atoms with Crippen molar-refractivity contribution in [2.45, 2.75) is 25.4 Å². The highest BCUT2D eigenvalue weighted by atomic mass is 19.4. The predicted molar refractivity (Wildman–Crippen MR) is 70.5 cm³/mol. The fourth-order valence-electron chi connectivity index (χ4n) is 1.98. The summed E-state index contributed by atoms with van der Waals surface area (Å²) >= 11 is 0. The number of halogens is 3. The Morgan fingerprint density at radius 1 is 1.27 bits per heavy atom. The minimum absolute atomic E-state index is 0.150. The number of hydrogen-bond acceptors (Lipinski definition) is 3. The standard InChI is InChI=1S/C14H15F3N2O3/c15-14(16,17)6-7-19(8-9-4-5-9)12(20)10-2-1-3-11(18-10)13(21)22/h1-3,9H,4-8H2,(H,21,22). The number of carboxylic acids is 1. The van der Waals surface area contributed by atoms with Crippen molar-refractivity contribution >= 4 is 11.9 Å². The topological polar surface area (TPSA) is 70.5 Å². The number of hydrogen-bond donors (Lipinski definition) is 1. The van der Waals surface area contributed by atoms with E-state index in [-0.39, 0.29) is 23.9 Å². The first-order valence-corrected chi connectivity index (χ1v) is 6.82. The molecule has 1 aliphatic rings. The molecule has 0 aromatic carbocycles. The molecular weight excluding hydrogens is 301 g/mol. The summed E-state index contributed by atoms with van der Waals surface area (Å²) in [6, 6.07) is 3.88. The Kier molecular flexibility index (Phi) is 4.68. The second kappa shape index (κ2) is 6.33. The number of amides is 1. The highest BCUT2D eigenvalue weighted by molar-refractivity contribution is 5.94. The molecule has 0 bridgehead atoms. The summed E-state index contributed by atoms with van der Waals surface area (Å²) in [4.78, 5) is 28.0. The minimum Gasteiger partial charge on any atom is -0.477 e. The zero-order valence-corrected chi connectivity index (χ0v) is 11.6. The summed E-state index contributed by atoms with van der Waals surface area (Å²) in [5.74, 6) is -1.74. The molecule has 0 spiro atoms. The van der Waals surface area contributed by atoms with Crippen LogP contribution in [-0.4, -0.2) is 46.1 Å². The second-order valence-electron chi connectivity index (χ2n) is 5.27. The van der Waals surface area contributed by atoms with Gasteiger partial charge in [0.2, 0.25) is 0 Å². The van der Waals surface area contributed by atoms with E-state index < -0.39 is 31.0 Å². The van der Waals surface area contributed by atoms with Gasteiger partial charge in [-0.15, -0.1) is 0 Å². The van der Waals surface area contributed by atoms with Gasteiger partial charge in [0.15, 0.2) is 0 Å². The van der Waals surface area contributed by atoms with E-state index in [2.05, 4.69) is 4.98 Å². The fourth-order valence-corrected chi connectivity index (χ4v) is 1.98. The van der Waals surface area contributed by atoms with Crippen LogP contribution in [0.2, 0.25) is 0 Å². The Balaban J connectivity index is 2.13. The predicted octanol–water partition coefficient (Wildman–Crippen LogP) is 2.58. The van der Waals surface area contributed by atoms with Crippen molar-refractivity contribution in [3.63, 3.8) is 0 Å². The number of carbonyl (C=O) groups is 2. The lowest BCUT2D eigenvalue weighted by molar-refractivity contribution is -0.136. The van der Waals surface area contributed by atoms with Crippen LogP contribution in [0.5, 0.6) is 0 Å². The molecule has 0 unspecified atom stereocenters. The SMILES string of the molecule is O=C(O)c1cccc(C(=O)N(CCC(F)(F)F)CC2CC2)n1. The molecule has 2 rings (SSSR count). The van der Waals surface area contributed by atoms with Crippen LogP contribution in [0, 0.1) is 5.92 Å². The summed E-state index contributed by atoms with van der Waals surface area (Å²) in [5.41, 5.74) is -0.462. The molecule has 0 aliphatic heterocycles. The molecule has 0 saturated heterocycles. The van der Waals surface area contributed by atoms with Gasteiger partial charge in [-0.3, -0.25) is 4.79 Å². The third-order valence-electron chi connectivity index (χ3n) is 3.32. The largest absolute Gasteiger partial charge is 0.477 e. The van der Waals surface area contributed by atoms with Crippen molar-refractivity contribution in [2.24, 2.45) is 5.92 Å². The molecule has 1 aromatic rings. The zero-order valence-electron chi connectivity index (χ0n) is 11.6. The number of nitrogens with zero attached hydrogens (tertiary/aromatic N) is 2. The van der Waals surface area contributed by atoms with E-state index in [4.69, 9.17) is 5.11 Å². The molecule has 22 heavy (non-hydrogen) atoms. The number of pyridine rings is 1. The Morgan fingerprint density at radius 2 is 1.91 bits per heavy atom. The average molecular weight is 316 g/mol. The minimum atomic E-state index is -4.35. The Bertz CT molecular complexity index is 571. The Labute approximate surface area is 124 Å². The van der Waals surface area contributed by atoms with Crippen LogP contribution in [0.25, 0.3) is 0 Å². The first-order chi connectivity index (χ1) is 10.3. The zero-order chi connectivity index (χ0) is 16.3. The third kappa shape index (κ3) is 4.71. The Hall–Kier alpha value is -2.12. The van der Waals surface area contributed by atoms with Gasteiger partial charge >= 0.3 is 12.1 Å². The lowest BCUT2D eigenvalue weighted by Crippen LogP contribution is -2.36. The van der Waals surface area contributed by atoms with Gasteiger partial charge in [0, 0.05) is 13.1 Å². The number of aromatic nitrogens is 1. The van der Waals surface area contributed by atoms with Crippen LogP contribution in [0.4, 0.5) is 13.2 Å². The summed E-state index contributed by atoms with van der Waals surface area (Å²) in [5, 5.41) is 8.86. The molecule has 120 valence electrons. The van der Waals surface area contributed by atoms with Crippen LogP contribution in [-0.2, 0) is 0 Å². The first-order valence-electron chi connectivity index (χ1n) is 6.82. The van der Waals surface area contributed by atoms with Crippen LogP contribution in [0.1, 0.15) is 40.2 Å². The van der Waals surface area contributed by atoms with Crippen molar-refractivity contribution in [3.05, 3.63) is 29.6 Å². The maximum absolute atomic E-state index is 12.4. The quantitative estimate of drug-likeness (QED) is 0.875. The summed E-state index contributed by atoms with van der Waals surface area (Å²) in [6.07, 6.45) is -3.67. The number of alkyl halides is 3. The van der Waals surface area contributed by atoms with Crippen molar-refractivity contribution in [3.8, 4) is 0 Å². The highest BCUT2D eigenvalue weighted by Crippen LogP contribution is 2.31. The van der Waals surface area contributed by atoms with Gasteiger partial charge in [-0.2, -0.15) is 13.2 Å². The van der Waals surface area contributed by atoms with Gasteiger partial charge in [-0.25, -0.2) is 9.78 Å². The first kappa shape index (κ1) is 16.3. The van der Waals surface area contributed by atoms with Crippen LogP contribution in [0.15, 0.2) is 18.2 Å². The molecule has 1 aliphatic carbocycles. The van der Waals surface area contributed by atoms with Crippen molar-refractivity contribution < 1.29 is 27.9 Å². The van der Waals surface area contributed by atoms with Gasteiger partial charge in [0.25, 0.3) is 5.91 Å². The molecule has 1 amide bonds. The van der Waals surface area contributed by atoms with Gasteiger partial charge in [-0.1, -0.05) is 6.07 Å². The molecule has 1 heterocycles. The van der Waals surface area contributed by atoms with E-state index in [9.17, 15) is 22.8 Å². The lowest BCUT2D eigenvalue weighted by atomic mass is 10.2. The highest BCUT2D eigenvalue weighted by Gasteiger charge is 2.32. The molecule has 1 aromatic heterocycles. The van der Waals surface area contributed by atoms with E-state index in [0.29, 0.717) is 0 Å². The van der Waals surface area contributed by atoms with Crippen molar-refractivity contribution in [1.29, 1.82) is 0 Å². The van der Waals surface area contributed by atoms with Gasteiger partial charge in [0.1, 0.15) is 11.4 Å². The average Bonchev–Trinajstić information content (AvgIpc) is 3.26.